The van der Waals surface area contributed by atoms with E-state index in [-0.39, 0.29) is 43.9 Å². The van der Waals surface area contributed by atoms with E-state index < -0.39 is 18.0 Å². The third-order valence-corrected chi connectivity index (χ3v) is 5.41. The van der Waals surface area contributed by atoms with Crippen LogP contribution in [0.5, 0.6) is 5.75 Å². The number of nitrogens with two attached hydrogens (primary N) is 1. The van der Waals surface area contributed by atoms with Crippen LogP contribution in [0.15, 0.2) is 24.3 Å². The molecule has 2 heterocycles. The summed E-state index contributed by atoms with van der Waals surface area (Å²) in [6.45, 7) is 0.899. The minimum atomic E-state index is -0.918. The van der Waals surface area contributed by atoms with Gasteiger partial charge in [-0.1, -0.05) is 0 Å². The number of rotatable bonds is 5. The van der Waals surface area contributed by atoms with Crippen LogP contribution in [0.4, 0.5) is 0 Å². The number of methoxy groups -OCH3 is 1. The molecule has 0 aliphatic carbocycles. The van der Waals surface area contributed by atoms with Crippen molar-refractivity contribution in [3.05, 3.63) is 29.8 Å². The highest BCUT2D eigenvalue weighted by Crippen LogP contribution is 2.18. The second kappa shape index (κ2) is 9.57. The maximum absolute atomic E-state index is 13.1. The van der Waals surface area contributed by atoms with Gasteiger partial charge in [0.15, 0.2) is 0 Å². The fourth-order valence-electron chi connectivity index (χ4n) is 3.68. The molecule has 2 aliphatic heterocycles. The minimum absolute atomic E-state index is 0.0259. The second-order valence-electron chi connectivity index (χ2n) is 7.28. The lowest BCUT2D eigenvalue weighted by Crippen LogP contribution is -2.64. The molecule has 0 aromatic heterocycles. The van der Waals surface area contributed by atoms with E-state index in [1.807, 2.05) is 0 Å². The number of hydrogen-bond donors (Lipinski definition) is 3. The normalized spacial score (nSPS) is 21.6. The number of piperazine rings is 1. The van der Waals surface area contributed by atoms with E-state index in [0.29, 0.717) is 24.3 Å². The van der Waals surface area contributed by atoms with Gasteiger partial charge in [0.25, 0.3) is 5.91 Å². The summed E-state index contributed by atoms with van der Waals surface area (Å²) < 4.78 is 5.12. The number of piperidine rings is 1. The van der Waals surface area contributed by atoms with Crippen molar-refractivity contribution in [2.45, 2.75) is 24.9 Å². The molecule has 0 radical (unpaired) electrons. The van der Waals surface area contributed by atoms with Gasteiger partial charge in [0, 0.05) is 25.2 Å². The Morgan fingerprint density at radius 1 is 1.23 bits per heavy atom. The number of nitrogens with zero attached hydrogens (tertiary/aromatic N) is 2. The predicted octanol–water partition coefficient (Wildman–Crippen LogP) is -1.30. The van der Waals surface area contributed by atoms with Gasteiger partial charge in [-0.25, -0.2) is 0 Å². The first-order valence-corrected chi connectivity index (χ1v) is 9.95. The van der Waals surface area contributed by atoms with Gasteiger partial charge < -0.3 is 30.9 Å². The fourth-order valence-corrected chi connectivity index (χ4v) is 3.68. The topological polar surface area (TPSA) is 134 Å². The average Bonchev–Trinajstić information content (AvgIpc) is 2.79. The van der Waals surface area contributed by atoms with E-state index in [1.54, 1.807) is 24.3 Å². The summed E-state index contributed by atoms with van der Waals surface area (Å²) in [6, 6.07) is 5.03. The lowest BCUT2D eigenvalue weighted by Gasteiger charge is -2.41. The van der Waals surface area contributed by atoms with Crippen LogP contribution in [0, 0.1) is 0 Å². The molecule has 30 heavy (non-hydrogen) atoms. The number of benzene rings is 1. The summed E-state index contributed by atoms with van der Waals surface area (Å²) in [5.41, 5.74) is 5.87. The van der Waals surface area contributed by atoms with Crippen LogP contribution in [-0.2, 0) is 14.4 Å². The van der Waals surface area contributed by atoms with Gasteiger partial charge in [0.05, 0.1) is 20.2 Å². The van der Waals surface area contributed by atoms with E-state index in [0.717, 1.165) is 6.42 Å². The maximum Gasteiger partial charge on any atom is 0.254 e. The number of amides is 4. The summed E-state index contributed by atoms with van der Waals surface area (Å²) in [7, 11) is 1.53. The molecule has 2 atom stereocenters. The molecule has 0 saturated carbocycles. The smallest absolute Gasteiger partial charge is 0.254 e. The molecule has 2 saturated heterocycles. The van der Waals surface area contributed by atoms with Crippen molar-refractivity contribution in [3.8, 4) is 5.75 Å². The van der Waals surface area contributed by atoms with Crippen molar-refractivity contribution in [3.63, 3.8) is 0 Å². The molecule has 4 amide bonds. The first kappa shape index (κ1) is 21.6. The van der Waals surface area contributed by atoms with E-state index in [9.17, 15) is 19.2 Å². The highest BCUT2D eigenvalue weighted by molar-refractivity contribution is 5.99. The molecule has 10 nitrogen and oxygen atoms in total. The molecule has 3 rings (SSSR count). The number of nitrogens with one attached hydrogen (secondary N) is 2. The Morgan fingerprint density at radius 2 is 1.97 bits per heavy atom. The summed E-state index contributed by atoms with van der Waals surface area (Å²) in [4.78, 5) is 53.2. The van der Waals surface area contributed by atoms with Gasteiger partial charge in [-0.05, 0) is 37.1 Å². The molecule has 1 aromatic carbocycles. The maximum atomic E-state index is 13.1. The summed E-state index contributed by atoms with van der Waals surface area (Å²) in [5, 5.41) is 5.46. The highest BCUT2D eigenvalue weighted by Gasteiger charge is 2.38. The molecule has 0 unspecified atom stereocenters. The zero-order valence-corrected chi connectivity index (χ0v) is 16.9. The molecule has 4 N–H and O–H groups in total. The fraction of sp³-hybridized carbons (Fsp3) is 0.500. The zero-order valence-electron chi connectivity index (χ0n) is 16.9. The Bertz CT molecular complexity index is 812. The van der Waals surface area contributed by atoms with Crippen molar-refractivity contribution in [2.75, 3.05) is 39.8 Å². The van der Waals surface area contributed by atoms with Crippen molar-refractivity contribution in [2.24, 2.45) is 5.73 Å². The van der Waals surface area contributed by atoms with Gasteiger partial charge in [-0.2, -0.15) is 0 Å². The zero-order chi connectivity index (χ0) is 21.7. The van der Waals surface area contributed by atoms with E-state index in [2.05, 4.69) is 10.6 Å². The SMILES string of the molecule is COc1ccc(C(=O)N2CCN(C(=O)CN)C[C@@H]2C(=O)N[C@@H]2CCCNC2=O)cc1. The minimum Gasteiger partial charge on any atom is -0.497 e. The first-order chi connectivity index (χ1) is 14.4. The molecular formula is C20H27N5O5. The molecule has 0 bridgehead atoms. The molecule has 162 valence electrons. The van der Waals surface area contributed by atoms with Crippen LogP contribution >= 0.6 is 0 Å². The summed E-state index contributed by atoms with van der Waals surface area (Å²) in [5.74, 6) is -0.713. The number of carbonyl (C=O) groups excluding carboxylic acids is 4. The summed E-state index contributed by atoms with van der Waals surface area (Å²) >= 11 is 0. The highest BCUT2D eigenvalue weighted by atomic mass is 16.5. The summed E-state index contributed by atoms with van der Waals surface area (Å²) in [6.07, 6.45) is 1.29. The Morgan fingerprint density at radius 3 is 2.60 bits per heavy atom. The van der Waals surface area contributed by atoms with Gasteiger partial charge >= 0.3 is 0 Å². The predicted molar refractivity (Wildman–Crippen MR) is 108 cm³/mol. The lowest BCUT2D eigenvalue weighted by atomic mass is 10.0. The van der Waals surface area contributed by atoms with Crippen molar-refractivity contribution < 1.29 is 23.9 Å². The number of ether oxygens (including phenoxy) is 1. The average molecular weight is 417 g/mol. The van der Waals surface area contributed by atoms with E-state index >= 15 is 0 Å². The van der Waals surface area contributed by atoms with Gasteiger partial charge in [0.1, 0.15) is 17.8 Å². The van der Waals surface area contributed by atoms with E-state index in [1.165, 1.54) is 16.9 Å². The molecule has 10 heteroatoms. The van der Waals surface area contributed by atoms with Crippen molar-refractivity contribution in [1.29, 1.82) is 0 Å². The standard InChI is InChI=1S/C20H27N5O5/c1-30-14-6-4-13(5-7-14)20(29)25-10-9-24(17(26)11-21)12-16(25)19(28)23-15-3-2-8-22-18(15)27/h4-7,15-16H,2-3,8-12,21H2,1H3,(H,22,27)(H,23,28)/t15-,16-/m1/s1. The van der Waals surface area contributed by atoms with Crippen LogP contribution in [0.3, 0.4) is 0 Å². The second-order valence-corrected chi connectivity index (χ2v) is 7.28. The Kier molecular flexibility index (Phi) is 6.88. The number of hydrogen-bond acceptors (Lipinski definition) is 6. The van der Waals surface area contributed by atoms with Gasteiger partial charge in [-0.3, -0.25) is 19.2 Å². The van der Waals surface area contributed by atoms with Crippen LogP contribution < -0.4 is 21.1 Å². The van der Waals surface area contributed by atoms with Gasteiger partial charge in [0.2, 0.25) is 17.7 Å². The Balaban J connectivity index is 1.79. The first-order valence-electron chi connectivity index (χ1n) is 9.95. The third-order valence-electron chi connectivity index (χ3n) is 5.41. The van der Waals surface area contributed by atoms with Crippen LogP contribution in [-0.4, -0.2) is 85.3 Å². The molecule has 0 spiro atoms. The lowest BCUT2D eigenvalue weighted by molar-refractivity contribution is -0.138. The van der Waals surface area contributed by atoms with Crippen molar-refractivity contribution >= 4 is 23.6 Å². The van der Waals surface area contributed by atoms with Crippen LogP contribution in [0.2, 0.25) is 0 Å². The van der Waals surface area contributed by atoms with Crippen LogP contribution in [0.1, 0.15) is 23.2 Å². The molecule has 2 fully saturated rings. The number of carbonyl (C=O) groups is 4. The quantitative estimate of drug-likeness (QED) is 0.545. The Hall–Kier alpha value is -3.14. The molecule has 1 aromatic rings. The van der Waals surface area contributed by atoms with Gasteiger partial charge in [-0.15, -0.1) is 0 Å². The Labute approximate surface area is 174 Å². The monoisotopic (exact) mass is 417 g/mol. The molecule has 2 aliphatic rings. The molecular weight excluding hydrogens is 390 g/mol. The third kappa shape index (κ3) is 4.70. The van der Waals surface area contributed by atoms with E-state index in [4.69, 9.17) is 10.5 Å². The van der Waals surface area contributed by atoms with Crippen LogP contribution in [0.25, 0.3) is 0 Å². The largest absolute Gasteiger partial charge is 0.497 e. The van der Waals surface area contributed by atoms with Crippen molar-refractivity contribution in [1.82, 2.24) is 20.4 Å².